The summed E-state index contributed by atoms with van der Waals surface area (Å²) in [5, 5.41) is 8.20. The first-order valence-electron chi connectivity index (χ1n) is 7.53. The minimum atomic E-state index is 0.692. The summed E-state index contributed by atoms with van der Waals surface area (Å²) in [4.78, 5) is 0. The summed E-state index contributed by atoms with van der Waals surface area (Å²) in [6.45, 7) is 14.3. The van der Waals surface area contributed by atoms with Crippen molar-refractivity contribution in [1.29, 1.82) is 5.41 Å². The largest absolute Gasteiger partial charge is 0.305 e. The summed E-state index contributed by atoms with van der Waals surface area (Å²) >= 11 is 0. The minimum Gasteiger partial charge on any atom is -0.305 e. The Bertz CT molecular complexity index is 600. The Morgan fingerprint density at radius 3 is 2.29 bits per heavy atom. The zero-order valence-corrected chi connectivity index (χ0v) is 14.0. The Kier molecular flexibility index (Phi) is 6.36. The third kappa shape index (κ3) is 4.56. The molecule has 112 valence electrons. The zero-order chi connectivity index (χ0) is 16.0. The van der Waals surface area contributed by atoms with Crippen molar-refractivity contribution in [1.82, 2.24) is 0 Å². The molecule has 0 aliphatic carbocycles. The van der Waals surface area contributed by atoms with Crippen molar-refractivity contribution >= 4 is 11.3 Å². The third-order valence-electron chi connectivity index (χ3n) is 3.81. The highest BCUT2D eigenvalue weighted by Gasteiger charge is 2.09. The van der Waals surface area contributed by atoms with Crippen LogP contribution in [0.1, 0.15) is 57.2 Å². The summed E-state index contributed by atoms with van der Waals surface area (Å²) in [7, 11) is 0. The number of benzene rings is 1. The van der Waals surface area contributed by atoms with Crippen LogP contribution in [0.4, 0.5) is 0 Å². The van der Waals surface area contributed by atoms with E-state index in [0.717, 1.165) is 24.0 Å². The molecule has 0 saturated heterocycles. The zero-order valence-electron chi connectivity index (χ0n) is 14.0. The second kappa shape index (κ2) is 7.78. The van der Waals surface area contributed by atoms with Crippen molar-refractivity contribution < 1.29 is 0 Å². The monoisotopic (exact) mass is 281 g/mol. The Hall–Kier alpha value is -1.89. The predicted octanol–water partition coefficient (Wildman–Crippen LogP) is 6.09. The highest BCUT2D eigenvalue weighted by molar-refractivity contribution is 5.99. The number of hydrogen-bond acceptors (Lipinski definition) is 1. The maximum atomic E-state index is 8.20. The Labute approximate surface area is 129 Å². The van der Waals surface area contributed by atoms with Gasteiger partial charge in [0.2, 0.25) is 0 Å². The Balaban J connectivity index is 3.06. The molecule has 0 fully saturated rings. The van der Waals surface area contributed by atoms with Crippen molar-refractivity contribution in [2.24, 2.45) is 0 Å². The van der Waals surface area contributed by atoms with Crippen LogP contribution in [-0.2, 0) is 0 Å². The maximum Gasteiger partial charge on any atom is 0.0389 e. The summed E-state index contributed by atoms with van der Waals surface area (Å²) in [5.41, 5.74) is 7.88. The van der Waals surface area contributed by atoms with Crippen molar-refractivity contribution in [2.45, 2.75) is 47.5 Å². The highest BCUT2D eigenvalue weighted by atomic mass is 14.4. The van der Waals surface area contributed by atoms with E-state index in [0.29, 0.717) is 5.71 Å². The molecule has 0 aliphatic rings. The smallest absolute Gasteiger partial charge is 0.0389 e. The van der Waals surface area contributed by atoms with Gasteiger partial charge in [0, 0.05) is 5.71 Å². The van der Waals surface area contributed by atoms with Gasteiger partial charge in [-0.25, -0.2) is 0 Å². The second-order valence-electron chi connectivity index (χ2n) is 5.64. The number of hydrogen-bond donors (Lipinski definition) is 1. The number of allylic oxidation sites excluding steroid dienone is 5. The molecule has 1 heteroatoms. The van der Waals surface area contributed by atoms with Gasteiger partial charge in [-0.15, -0.1) is 6.58 Å². The van der Waals surface area contributed by atoms with Crippen LogP contribution in [0.3, 0.4) is 0 Å². The van der Waals surface area contributed by atoms with E-state index in [4.69, 9.17) is 5.41 Å². The number of nitrogens with one attached hydrogen (secondary N) is 1. The Morgan fingerprint density at radius 2 is 1.81 bits per heavy atom. The molecule has 0 aromatic heterocycles. The molecular formula is C20H27N. The van der Waals surface area contributed by atoms with Crippen LogP contribution >= 0.6 is 0 Å². The van der Waals surface area contributed by atoms with Gasteiger partial charge >= 0.3 is 0 Å². The van der Waals surface area contributed by atoms with Crippen LogP contribution in [0.25, 0.3) is 5.57 Å². The molecule has 0 spiro atoms. The number of aryl methyl sites for hydroxylation is 1. The quantitative estimate of drug-likeness (QED) is 0.371. The second-order valence-corrected chi connectivity index (χ2v) is 5.64. The molecular weight excluding hydrogens is 254 g/mol. The van der Waals surface area contributed by atoms with Crippen molar-refractivity contribution in [3.8, 4) is 0 Å². The van der Waals surface area contributed by atoms with E-state index in [1.165, 1.54) is 22.3 Å². The molecule has 0 radical (unpaired) electrons. The highest BCUT2D eigenvalue weighted by Crippen LogP contribution is 2.26. The lowest BCUT2D eigenvalue weighted by Gasteiger charge is -2.13. The third-order valence-corrected chi connectivity index (χ3v) is 3.81. The molecule has 0 amide bonds. The van der Waals surface area contributed by atoms with Crippen molar-refractivity contribution in [3.63, 3.8) is 0 Å². The lowest BCUT2D eigenvalue weighted by Crippen LogP contribution is -2.01. The minimum absolute atomic E-state index is 0.692. The van der Waals surface area contributed by atoms with Crippen LogP contribution in [0.2, 0.25) is 0 Å². The van der Waals surface area contributed by atoms with E-state index < -0.39 is 0 Å². The van der Waals surface area contributed by atoms with Gasteiger partial charge in [-0.3, -0.25) is 0 Å². The van der Waals surface area contributed by atoms with Gasteiger partial charge in [0.15, 0.2) is 0 Å². The van der Waals surface area contributed by atoms with Crippen molar-refractivity contribution in [3.05, 3.63) is 64.8 Å². The summed E-state index contributed by atoms with van der Waals surface area (Å²) < 4.78 is 0. The van der Waals surface area contributed by atoms with Crippen LogP contribution < -0.4 is 0 Å². The van der Waals surface area contributed by atoms with E-state index in [-0.39, 0.29) is 0 Å². The van der Waals surface area contributed by atoms with E-state index in [9.17, 15) is 0 Å². The molecule has 1 nitrogen and oxygen atoms in total. The fourth-order valence-electron chi connectivity index (χ4n) is 2.39. The lowest BCUT2D eigenvalue weighted by molar-refractivity contribution is 1.01. The Morgan fingerprint density at radius 1 is 1.14 bits per heavy atom. The van der Waals surface area contributed by atoms with Crippen LogP contribution in [0, 0.1) is 12.3 Å². The average Bonchev–Trinajstić information content (AvgIpc) is 2.46. The van der Waals surface area contributed by atoms with E-state index in [1.807, 2.05) is 6.92 Å². The fourth-order valence-corrected chi connectivity index (χ4v) is 2.39. The van der Waals surface area contributed by atoms with Gasteiger partial charge in [0.25, 0.3) is 0 Å². The number of rotatable bonds is 6. The molecule has 0 bridgehead atoms. The molecule has 1 aromatic rings. The van der Waals surface area contributed by atoms with Gasteiger partial charge in [-0.1, -0.05) is 29.9 Å². The normalized spacial score (nSPS) is 12.4. The fraction of sp³-hybridized carbons (Fsp3) is 0.350. The summed E-state index contributed by atoms with van der Waals surface area (Å²) in [5.74, 6) is 0. The molecule has 21 heavy (non-hydrogen) atoms. The SMILES string of the molecule is C=C(C)CCC(=N)c1ccc(C(=C/C)/C(C)=C\C)c(C)c1. The summed E-state index contributed by atoms with van der Waals surface area (Å²) in [6, 6.07) is 6.33. The topological polar surface area (TPSA) is 23.9 Å². The molecule has 0 saturated carbocycles. The van der Waals surface area contributed by atoms with Crippen molar-refractivity contribution in [2.75, 3.05) is 0 Å². The lowest BCUT2D eigenvalue weighted by atomic mass is 9.92. The van der Waals surface area contributed by atoms with Gasteiger partial charge in [0.05, 0.1) is 0 Å². The first-order valence-corrected chi connectivity index (χ1v) is 7.53. The first kappa shape index (κ1) is 17.2. The molecule has 1 rings (SSSR count). The molecule has 0 aliphatic heterocycles. The molecule has 0 heterocycles. The van der Waals surface area contributed by atoms with Crippen LogP contribution in [0.15, 0.2) is 48.1 Å². The van der Waals surface area contributed by atoms with Gasteiger partial charge in [-0.2, -0.15) is 0 Å². The predicted molar refractivity (Wildman–Crippen MR) is 95.1 cm³/mol. The first-order chi connectivity index (χ1) is 9.90. The maximum absolute atomic E-state index is 8.20. The van der Waals surface area contributed by atoms with Gasteiger partial charge < -0.3 is 5.41 Å². The summed E-state index contributed by atoms with van der Waals surface area (Å²) in [6.07, 6.45) is 5.94. The average molecular weight is 281 g/mol. The molecule has 0 unspecified atom stereocenters. The van der Waals surface area contributed by atoms with Crippen LogP contribution in [0.5, 0.6) is 0 Å². The van der Waals surface area contributed by atoms with Gasteiger partial charge in [0.1, 0.15) is 0 Å². The van der Waals surface area contributed by atoms with Gasteiger partial charge in [-0.05, 0) is 81.4 Å². The molecule has 1 N–H and O–H groups in total. The van der Waals surface area contributed by atoms with E-state index in [1.54, 1.807) is 0 Å². The van der Waals surface area contributed by atoms with E-state index >= 15 is 0 Å². The molecule has 1 aromatic carbocycles. The molecule has 0 atom stereocenters. The van der Waals surface area contributed by atoms with E-state index in [2.05, 4.69) is 64.6 Å². The van der Waals surface area contributed by atoms with Crippen LogP contribution in [-0.4, -0.2) is 5.71 Å². The standard InChI is InChI=1S/C20H27N/c1-7-15(5)18(8-2)19-11-10-17(13-16(19)6)20(21)12-9-14(3)4/h7-8,10-11,13,21H,3,9,12H2,1-2,4-6H3/b15-7-,18-8+,21-20?.